The molecule has 7 nitrogen and oxygen atoms in total. The van der Waals surface area contributed by atoms with E-state index in [4.69, 9.17) is 4.74 Å². The molecule has 2 aromatic carbocycles. The van der Waals surface area contributed by atoms with Crippen LogP contribution >= 0.6 is 0 Å². The summed E-state index contributed by atoms with van der Waals surface area (Å²) in [7, 11) is 0. The Labute approximate surface area is 194 Å². The molecule has 0 spiro atoms. The molecule has 2 aromatic rings. The van der Waals surface area contributed by atoms with E-state index >= 15 is 0 Å². The highest BCUT2D eigenvalue weighted by Crippen LogP contribution is 2.34. The molecule has 2 atom stereocenters. The molecule has 0 saturated carbocycles. The number of imide groups is 1. The minimum absolute atomic E-state index is 0.0568. The van der Waals surface area contributed by atoms with Gasteiger partial charge in [0, 0.05) is 25.7 Å². The standard InChI is InChI=1S/C26H29N3O4/c1-16-5-7-20(8-6-16)15-29-25(31)23(21-9-11-22(12-10-21)27-19(4)30)24(26(29)32)28-13-17(2)33-18(3)14-28/h5-12,17-18H,13-15H2,1-4H3,(H,27,30). The summed E-state index contributed by atoms with van der Waals surface area (Å²) in [6.07, 6.45) is -0.114. The number of amides is 3. The van der Waals surface area contributed by atoms with Crippen molar-refractivity contribution >= 4 is 29.0 Å². The smallest absolute Gasteiger partial charge is 0.278 e. The van der Waals surface area contributed by atoms with Crippen molar-refractivity contribution in [3.05, 3.63) is 70.9 Å². The van der Waals surface area contributed by atoms with Gasteiger partial charge in [0.05, 0.1) is 24.3 Å². The predicted molar refractivity (Wildman–Crippen MR) is 126 cm³/mol. The third kappa shape index (κ3) is 4.83. The van der Waals surface area contributed by atoms with Crippen LogP contribution in [0.4, 0.5) is 5.69 Å². The van der Waals surface area contributed by atoms with Crippen LogP contribution in [0.25, 0.3) is 5.57 Å². The Balaban J connectivity index is 1.72. The molecule has 1 N–H and O–H groups in total. The number of rotatable bonds is 5. The summed E-state index contributed by atoms with van der Waals surface area (Å²) < 4.78 is 5.85. The van der Waals surface area contributed by atoms with Crippen molar-refractivity contribution in [1.29, 1.82) is 0 Å². The van der Waals surface area contributed by atoms with Gasteiger partial charge in [0.2, 0.25) is 5.91 Å². The maximum absolute atomic E-state index is 13.6. The van der Waals surface area contributed by atoms with Crippen LogP contribution in [0.2, 0.25) is 0 Å². The zero-order chi connectivity index (χ0) is 23.7. The van der Waals surface area contributed by atoms with E-state index in [0.29, 0.717) is 35.6 Å². The Morgan fingerprint density at radius 1 is 0.970 bits per heavy atom. The number of ether oxygens (including phenoxy) is 1. The van der Waals surface area contributed by atoms with Crippen LogP contribution in [-0.2, 0) is 25.7 Å². The normalized spacial score (nSPS) is 21.1. The number of nitrogens with zero attached hydrogens (tertiary/aromatic N) is 2. The van der Waals surface area contributed by atoms with Gasteiger partial charge in [0.15, 0.2) is 0 Å². The SMILES string of the molecule is CC(=O)Nc1ccc(C2=C(N3CC(C)OC(C)C3)C(=O)N(Cc3ccc(C)cc3)C2=O)cc1. The van der Waals surface area contributed by atoms with E-state index < -0.39 is 0 Å². The number of hydrogen-bond donors (Lipinski definition) is 1. The van der Waals surface area contributed by atoms with E-state index in [1.807, 2.05) is 49.9 Å². The van der Waals surface area contributed by atoms with Crippen LogP contribution in [-0.4, -0.2) is 52.8 Å². The molecule has 2 aliphatic heterocycles. The second-order valence-electron chi connectivity index (χ2n) is 8.83. The first kappa shape index (κ1) is 22.7. The van der Waals surface area contributed by atoms with E-state index in [9.17, 15) is 14.4 Å². The average Bonchev–Trinajstić information content (AvgIpc) is 2.99. The lowest BCUT2D eigenvalue weighted by molar-refractivity contribution is -0.139. The third-order valence-corrected chi connectivity index (χ3v) is 5.83. The molecule has 2 heterocycles. The Hall–Kier alpha value is -3.45. The van der Waals surface area contributed by atoms with E-state index in [0.717, 1.165) is 11.1 Å². The summed E-state index contributed by atoms with van der Waals surface area (Å²) in [5.41, 5.74) is 4.11. The average molecular weight is 448 g/mol. The Morgan fingerprint density at radius 3 is 2.15 bits per heavy atom. The second kappa shape index (κ2) is 9.19. The van der Waals surface area contributed by atoms with Gasteiger partial charge in [0.25, 0.3) is 11.8 Å². The van der Waals surface area contributed by atoms with Gasteiger partial charge in [-0.05, 0) is 44.0 Å². The van der Waals surface area contributed by atoms with Crippen molar-refractivity contribution in [2.75, 3.05) is 18.4 Å². The number of hydrogen-bond acceptors (Lipinski definition) is 5. The molecule has 2 unspecified atom stereocenters. The van der Waals surface area contributed by atoms with E-state index in [-0.39, 0.29) is 36.5 Å². The van der Waals surface area contributed by atoms with Crippen LogP contribution in [0.15, 0.2) is 54.2 Å². The van der Waals surface area contributed by atoms with Gasteiger partial charge in [-0.25, -0.2) is 0 Å². The number of morpholine rings is 1. The highest BCUT2D eigenvalue weighted by molar-refractivity contribution is 6.35. The van der Waals surface area contributed by atoms with Crippen LogP contribution in [0.1, 0.15) is 37.5 Å². The van der Waals surface area contributed by atoms with E-state index in [1.165, 1.54) is 11.8 Å². The molecule has 33 heavy (non-hydrogen) atoms. The summed E-state index contributed by atoms with van der Waals surface area (Å²) >= 11 is 0. The monoisotopic (exact) mass is 447 g/mol. The molecule has 3 amide bonds. The van der Waals surface area contributed by atoms with Gasteiger partial charge in [-0.15, -0.1) is 0 Å². The first-order chi connectivity index (χ1) is 15.7. The molecule has 4 rings (SSSR count). The zero-order valence-electron chi connectivity index (χ0n) is 19.4. The quantitative estimate of drug-likeness (QED) is 0.712. The Morgan fingerprint density at radius 2 is 1.58 bits per heavy atom. The van der Waals surface area contributed by atoms with Gasteiger partial charge < -0.3 is 15.0 Å². The highest BCUT2D eigenvalue weighted by Gasteiger charge is 2.43. The maximum atomic E-state index is 13.6. The van der Waals surface area contributed by atoms with Crippen LogP contribution in [0.3, 0.4) is 0 Å². The van der Waals surface area contributed by atoms with Gasteiger partial charge in [0.1, 0.15) is 5.70 Å². The fourth-order valence-electron chi connectivity index (χ4n) is 4.42. The van der Waals surface area contributed by atoms with E-state index in [1.54, 1.807) is 24.3 Å². The third-order valence-electron chi connectivity index (χ3n) is 5.83. The molecule has 0 aromatic heterocycles. The molecule has 172 valence electrons. The Kier molecular flexibility index (Phi) is 6.33. The number of anilines is 1. The van der Waals surface area contributed by atoms with Crippen LogP contribution in [0, 0.1) is 6.92 Å². The maximum Gasteiger partial charge on any atom is 0.278 e. The number of carbonyl (C=O) groups excluding carboxylic acids is 3. The molecule has 1 saturated heterocycles. The van der Waals surface area contributed by atoms with Crippen molar-refractivity contribution in [1.82, 2.24) is 9.80 Å². The first-order valence-corrected chi connectivity index (χ1v) is 11.2. The van der Waals surface area contributed by atoms with Gasteiger partial charge in [-0.2, -0.15) is 0 Å². The second-order valence-corrected chi connectivity index (χ2v) is 8.83. The van der Waals surface area contributed by atoms with Gasteiger partial charge >= 0.3 is 0 Å². The zero-order valence-corrected chi connectivity index (χ0v) is 19.4. The van der Waals surface area contributed by atoms with Crippen molar-refractivity contribution in [3.8, 4) is 0 Å². The molecule has 0 bridgehead atoms. The molecule has 2 aliphatic rings. The van der Waals surface area contributed by atoms with E-state index in [2.05, 4.69) is 5.32 Å². The van der Waals surface area contributed by atoms with Crippen molar-refractivity contribution in [2.24, 2.45) is 0 Å². The molecular formula is C26H29N3O4. The summed E-state index contributed by atoms with van der Waals surface area (Å²) in [4.78, 5) is 41.9. The number of aryl methyl sites for hydroxylation is 1. The first-order valence-electron chi connectivity index (χ1n) is 11.2. The van der Waals surface area contributed by atoms with Crippen LogP contribution < -0.4 is 5.32 Å². The fourth-order valence-corrected chi connectivity index (χ4v) is 4.42. The lowest BCUT2D eigenvalue weighted by Gasteiger charge is -2.37. The Bertz CT molecular complexity index is 1100. The minimum Gasteiger partial charge on any atom is -0.372 e. The van der Waals surface area contributed by atoms with Gasteiger partial charge in [-0.1, -0.05) is 42.0 Å². The lowest BCUT2D eigenvalue weighted by atomic mass is 10.0. The summed E-state index contributed by atoms with van der Waals surface area (Å²) in [6.45, 7) is 8.66. The van der Waals surface area contributed by atoms with Crippen LogP contribution in [0.5, 0.6) is 0 Å². The van der Waals surface area contributed by atoms with Crippen molar-refractivity contribution in [2.45, 2.75) is 46.4 Å². The van der Waals surface area contributed by atoms with Crippen molar-refractivity contribution in [3.63, 3.8) is 0 Å². The van der Waals surface area contributed by atoms with Crippen molar-refractivity contribution < 1.29 is 19.1 Å². The summed E-state index contributed by atoms with van der Waals surface area (Å²) in [5.74, 6) is -0.771. The number of carbonyl (C=O) groups is 3. The largest absolute Gasteiger partial charge is 0.372 e. The molecule has 1 fully saturated rings. The minimum atomic E-state index is -0.311. The molecular weight excluding hydrogens is 418 g/mol. The number of benzene rings is 2. The summed E-state index contributed by atoms with van der Waals surface area (Å²) in [6, 6.07) is 14.9. The molecule has 7 heteroatoms. The predicted octanol–water partition coefficient (Wildman–Crippen LogP) is 3.34. The van der Waals surface area contributed by atoms with Gasteiger partial charge in [-0.3, -0.25) is 19.3 Å². The molecule has 0 aliphatic carbocycles. The lowest BCUT2D eigenvalue weighted by Crippen LogP contribution is -2.46. The molecule has 0 radical (unpaired) electrons. The fraction of sp³-hybridized carbons (Fsp3) is 0.346. The number of nitrogens with one attached hydrogen (secondary N) is 1. The topological polar surface area (TPSA) is 79.0 Å². The summed E-state index contributed by atoms with van der Waals surface area (Å²) in [5, 5.41) is 2.73. The highest BCUT2D eigenvalue weighted by atomic mass is 16.5.